The fourth-order valence-corrected chi connectivity index (χ4v) is 12.9. The molecule has 0 N–H and O–H groups in total. The van der Waals surface area contributed by atoms with Gasteiger partial charge in [-0.1, -0.05) is 0 Å². The third-order valence-corrected chi connectivity index (χ3v) is 16.7. The monoisotopic (exact) mass is 524 g/mol. The van der Waals surface area contributed by atoms with Crippen molar-refractivity contribution in [1.82, 2.24) is 0 Å². The van der Waals surface area contributed by atoms with Crippen molar-refractivity contribution in [3.05, 3.63) is 121 Å². The van der Waals surface area contributed by atoms with Gasteiger partial charge >= 0.3 is 193 Å². The molecule has 0 bridgehead atoms. The van der Waals surface area contributed by atoms with Gasteiger partial charge in [-0.15, -0.1) is 0 Å². The van der Waals surface area contributed by atoms with Crippen LogP contribution in [0.5, 0.6) is 5.75 Å². The van der Waals surface area contributed by atoms with E-state index in [1.54, 1.807) is 0 Å². The average Bonchev–Trinajstić information content (AvgIpc) is 2.82. The van der Waals surface area contributed by atoms with E-state index in [1.807, 2.05) is 6.92 Å². The molecule has 4 rings (SSSR count). The summed E-state index contributed by atoms with van der Waals surface area (Å²) < 4.78 is 2.89. The van der Waals surface area contributed by atoms with Gasteiger partial charge in [0.2, 0.25) is 0 Å². The van der Waals surface area contributed by atoms with Gasteiger partial charge < -0.3 is 0 Å². The molecule has 0 radical (unpaired) electrons. The van der Waals surface area contributed by atoms with E-state index in [0.29, 0.717) is 6.61 Å². The molecular weight excluding hydrogens is 498 g/mol. The number of ether oxygens (including phenoxy) is 1. The van der Waals surface area contributed by atoms with Crippen LogP contribution in [0.25, 0.3) is 0 Å². The fraction of sp³-hybridized carbons (Fsp3) is 0.111. The van der Waals surface area contributed by atoms with Gasteiger partial charge in [0.25, 0.3) is 0 Å². The molecule has 0 saturated carbocycles. The summed E-state index contributed by atoms with van der Waals surface area (Å²) >= 11 is 2.83. The maximum absolute atomic E-state index is 5.68. The molecule has 0 amide bonds. The van der Waals surface area contributed by atoms with E-state index in [1.165, 1.54) is 21.5 Å². The molecule has 4 aromatic carbocycles. The summed E-state index contributed by atoms with van der Waals surface area (Å²) in [5.74, 6) is 0.925. The molecule has 3 heteroatoms. The van der Waals surface area contributed by atoms with Gasteiger partial charge in [-0.05, 0) is 0 Å². The predicted octanol–water partition coefficient (Wildman–Crippen LogP) is 6.47. The van der Waals surface area contributed by atoms with E-state index >= 15 is 0 Å². The summed E-state index contributed by atoms with van der Waals surface area (Å²) in [5.41, 5.74) is 1.32. The number of hydrogen-bond donors (Lipinski definition) is 0. The second kappa shape index (κ2) is 8.91. The van der Waals surface area contributed by atoms with Crippen LogP contribution < -0.4 is 20.7 Å². The van der Waals surface area contributed by atoms with Crippen molar-refractivity contribution < 1.29 is 4.74 Å². The number of rotatable bonds is 7. The van der Waals surface area contributed by atoms with E-state index < -0.39 is 4.25 Å². The molecule has 0 aromatic heterocycles. The van der Waals surface area contributed by atoms with Gasteiger partial charge in [0.15, 0.2) is 0 Å². The van der Waals surface area contributed by atoms with Gasteiger partial charge in [0, 0.05) is 0 Å². The quantitative estimate of drug-likeness (QED) is 0.199. The Morgan fingerprint density at radius 1 is 0.600 bits per heavy atom. The molecule has 0 fully saturated rings. The minimum absolute atomic E-state index is 0.684. The summed E-state index contributed by atoms with van der Waals surface area (Å²) in [7, 11) is 0. The molecule has 0 aliphatic carbocycles. The van der Waals surface area contributed by atoms with Crippen molar-refractivity contribution in [2.24, 2.45) is 0 Å². The Bertz CT molecular complexity index is 981. The number of halogens is 1. The molecule has 0 spiro atoms. The Kier molecular flexibility index (Phi) is 6.26. The molecule has 1 nitrogen and oxygen atoms in total. The van der Waals surface area contributed by atoms with Crippen molar-refractivity contribution in [2.75, 3.05) is 6.61 Å². The van der Waals surface area contributed by atoms with Crippen LogP contribution in [0.15, 0.2) is 115 Å². The van der Waals surface area contributed by atoms with Gasteiger partial charge in [0.05, 0.1) is 0 Å². The second-order valence-corrected chi connectivity index (χ2v) is 18.0. The van der Waals surface area contributed by atoms with Gasteiger partial charge in [0.1, 0.15) is 0 Å². The standard InChI is InChI=1S/C27H26IOP/c1-2-29-24-20-18-23(19-21-24)22-30(28,25-12-6-3-7-13-25,26-14-8-4-9-15-26)27-16-10-5-11-17-27/h3-21H,2,22H2,1H3. The first-order valence-corrected chi connectivity index (χ1v) is 15.5. The molecule has 0 saturated heterocycles. The van der Waals surface area contributed by atoms with Crippen molar-refractivity contribution in [2.45, 2.75) is 13.1 Å². The van der Waals surface area contributed by atoms with Gasteiger partial charge in [-0.2, -0.15) is 0 Å². The van der Waals surface area contributed by atoms with Crippen molar-refractivity contribution in [3.8, 4) is 5.75 Å². The van der Waals surface area contributed by atoms with Crippen LogP contribution in [0.4, 0.5) is 0 Å². The Labute approximate surface area is 192 Å². The van der Waals surface area contributed by atoms with Gasteiger partial charge in [-0.3, -0.25) is 0 Å². The predicted molar refractivity (Wildman–Crippen MR) is 140 cm³/mol. The van der Waals surface area contributed by atoms with E-state index in [4.69, 9.17) is 4.74 Å². The van der Waals surface area contributed by atoms with Crippen LogP contribution in [0.1, 0.15) is 12.5 Å². The van der Waals surface area contributed by atoms with Crippen molar-refractivity contribution in [1.29, 1.82) is 0 Å². The molecular formula is C27H26IOP. The molecule has 30 heavy (non-hydrogen) atoms. The first-order valence-electron chi connectivity index (χ1n) is 10.3. The van der Waals surface area contributed by atoms with E-state index in [0.717, 1.165) is 11.9 Å². The van der Waals surface area contributed by atoms with Crippen molar-refractivity contribution in [3.63, 3.8) is 0 Å². The average molecular weight is 524 g/mol. The third kappa shape index (κ3) is 3.79. The van der Waals surface area contributed by atoms with E-state index in [2.05, 4.69) is 137 Å². The molecule has 0 heterocycles. The van der Waals surface area contributed by atoms with Crippen LogP contribution >= 0.6 is 26.3 Å². The summed E-state index contributed by atoms with van der Waals surface area (Å²) in [6, 6.07) is 41.8. The summed E-state index contributed by atoms with van der Waals surface area (Å²) in [5, 5.41) is 4.20. The Morgan fingerprint density at radius 2 is 1.00 bits per heavy atom. The van der Waals surface area contributed by atoms with Gasteiger partial charge in [-0.25, -0.2) is 0 Å². The zero-order chi connectivity index (χ0) is 20.9. The first kappa shape index (κ1) is 21.1. The Hall–Kier alpha value is -2.16. The Morgan fingerprint density at radius 3 is 1.37 bits per heavy atom. The molecule has 0 aliphatic rings. The second-order valence-electron chi connectivity index (χ2n) is 7.42. The summed E-state index contributed by atoms with van der Waals surface area (Å²) in [6.07, 6.45) is 0.955. The van der Waals surface area contributed by atoms with Crippen LogP contribution in [0.3, 0.4) is 0 Å². The minimum atomic E-state index is -2.79. The van der Waals surface area contributed by atoms with Crippen molar-refractivity contribution >= 4 is 42.2 Å². The Balaban J connectivity index is 1.98. The number of hydrogen-bond acceptors (Lipinski definition) is 1. The first-order chi connectivity index (χ1) is 14.6. The maximum atomic E-state index is 5.68. The molecule has 152 valence electrons. The molecule has 0 aliphatic heterocycles. The van der Waals surface area contributed by atoms with Crippen LogP contribution in [-0.2, 0) is 6.16 Å². The SMILES string of the molecule is CCOc1ccc(CP(I)(c2ccccc2)(c2ccccc2)c2ccccc2)cc1. The zero-order valence-electron chi connectivity index (χ0n) is 17.1. The fourth-order valence-electron chi connectivity index (χ4n) is 4.14. The third-order valence-electron chi connectivity index (χ3n) is 5.60. The molecule has 0 atom stereocenters. The molecule has 4 aromatic rings. The summed E-state index contributed by atoms with van der Waals surface area (Å²) in [6.45, 7) is 2.70. The normalized spacial score (nSPS) is 12.7. The topological polar surface area (TPSA) is 9.23 Å². The number of benzene rings is 4. The summed E-state index contributed by atoms with van der Waals surface area (Å²) in [4.78, 5) is 0. The van der Waals surface area contributed by atoms with Crippen LogP contribution in [0, 0.1) is 0 Å². The van der Waals surface area contributed by atoms with Crippen LogP contribution in [0.2, 0.25) is 0 Å². The molecule has 0 unspecified atom stereocenters. The van der Waals surface area contributed by atoms with E-state index in [9.17, 15) is 0 Å². The van der Waals surface area contributed by atoms with E-state index in [-0.39, 0.29) is 0 Å². The van der Waals surface area contributed by atoms with Crippen LogP contribution in [-0.4, -0.2) is 6.61 Å². The zero-order valence-corrected chi connectivity index (χ0v) is 20.2.